The number of nitrogens with zero attached hydrogens (tertiary/aromatic N) is 1. The van der Waals surface area contributed by atoms with Crippen LogP contribution in [-0.2, 0) is 0 Å². The lowest BCUT2D eigenvalue weighted by molar-refractivity contribution is 0.142. The first kappa shape index (κ1) is 11.1. The maximum Gasteiger partial charge on any atom is 0.145 e. The number of thiocarbonyl (C=S) groups is 1. The number of hydrogen-bond acceptors (Lipinski definition) is 4. The van der Waals surface area contributed by atoms with Crippen LogP contribution in [0.3, 0.4) is 0 Å². The van der Waals surface area contributed by atoms with Crippen LogP contribution in [0.5, 0.6) is 0 Å². The van der Waals surface area contributed by atoms with Crippen molar-refractivity contribution in [2.45, 2.75) is 0 Å². The molecule has 0 aromatic heterocycles. The van der Waals surface area contributed by atoms with Crippen LogP contribution in [0.15, 0.2) is 0 Å². The van der Waals surface area contributed by atoms with E-state index in [2.05, 4.69) is 30.3 Å². The molecular weight excluding hydrogens is 184 g/mol. The maximum atomic E-state index is 8.54. The predicted molar refractivity (Wildman–Crippen MR) is 50.5 cm³/mol. The first-order valence-corrected chi connectivity index (χ1v) is 4.02. The van der Waals surface area contributed by atoms with Crippen molar-refractivity contribution >= 4 is 29.2 Å². The van der Waals surface area contributed by atoms with E-state index >= 15 is 0 Å². The first-order valence-electron chi connectivity index (χ1n) is 3.17. The molecule has 0 aliphatic heterocycles. The summed E-state index contributed by atoms with van der Waals surface area (Å²) in [5, 5.41) is 18.7. The van der Waals surface area contributed by atoms with Crippen molar-refractivity contribution in [3.05, 3.63) is 0 Å². The Kier molecular flexibility index (Phi) is 6.88. The third-order valence-corrected chi connectivity index (χ3v) is 1.18. The van der Waals surface area contributed by atoms with Gasteiger partial charge in [-0.15, -0.1) is 12.6 Å². The van der Waals surface area contributed by atoms with Crippen molar-refractivity contribution in [1.29, 1.82) is 0 Å². The molecule has 0 radical (unpaired) electrons. The summed E-state index contributed by atoms with van der Waals surface area (Å²) >= 11 is 8.49. The van der Waals surface area contributed by atoms with Gasteiger partial charge in [0, 0.05) is 13.1 Å². The second-order valence-electron chi connectivity index (χ2n) is 1.85. The van der Waals surface area contributed by atoms with Crippen molar-refractivity contribution in [3.8, 4) is 0 Å². The van der Waals surface area contributed by atoms with Crippen LogP contribution in [-0.4, -0.2) is 45.8 Å². The van der Waals surface area contributed by atoms with Gasteiger partial charge in [-0.25, -0.2) is 5.01 Å². The molecule has 0 rings (SSSR count). The number of thiol groups is 1. The highest BCUT2D eigenvalue weighted by atomic mass is 32.1. The molecule has 0 atom stereocenters. The van der Waals surface area contributed by atoms with Crippen molar-refractivity contribution in [3.63, 3.8) is 0 Å². The Morgan fingerprint density at radius 2 is 1.82 bits per heavy atom. The molecule has 0 aliphatic carbocycles. The fourth-order valence-corrected chi connectivity index (χ4v) is 0.871. The van der Waals surface area contributed by atoms with Gasteiger partial charge >= 0.3 is 0 Å². The van der Waals surface area contributed by atoms with Crippen molar-refractivity contribution in [2.75, 3.05) is 26.3 Å². The molecule has 0 saturated carbocycles. The van der Waals surface area contributed by atoms with Gasteiger partial charge in [-0.2, -0.15) is 0 Å². The standard InChI is InChI=1S/C5H12N2O2S2/c8-3-1-7(2-4-9)6-5(10)11/h8-9H,1-4H2,(H2,6,10,11). The predicted octanol–water partition coefficient (Wildman–Crippen LogP) is -1.01. The second kappa shape index (κ2) is 6.81. The highest BCUT2D eigenvalue weighted by molar-refractivity contribution is 8.11. The monoisotopic (exact) mass is 196 g/mol. The summed E-state index contributed by atoms with van der Waals surface area (Å²) in [4.78, 5) is 0. The van der Waals surface area contributed by atoms with Crippen LogP contribution in [0.2, 0.25) is 0 Å². The lowest BCUT2D eigenvalue weighted by Gasteiger charge is -2.20. The van der Waals surface area contributed by atoms with Crippen molar-refractivity contribution in [2.24, 2.45) is 0 Å². The molecule has 0 unspecified atom stereocenters. The van der Waals surface area contributed by atoms with Crippen LogP contribution in [0.25, 0.3) is 0 Å². The van der Waals surface area contributed by atoms with Gasteiger partial charge in [-0.3, -0.25) is 0 Å². The van der Waals surface area contributed by atoms with E-state index in [0.29, 0.717) is 17.4 Å². The summed E-state index contributed by atoms with van der Waals surface area (Å²) in [6, 6.07) is 0. The van der Waals surface area contributed by atoms with Gasteiger partial charge in [0.15, 0.2) is 0 Å². The minimum Gasteiger partial charge on any atom is -0.395 e. The molecule has 0 heterocycles. The fraction of sp³-hybridized carbons (Fsp3) is 0.800. The van der Waals surface area contributed by atoms with Gasteiger partial charge in [0.2, 0.25) is 0 Å². The summed E-state index contributed by atoms with van der Waals surface area (Å²) in [6.07, 6.45) is 0. The molecular formula is C5H12N2O2S2. The maximum absolute atomic E-state index is 8.54. The summed E-state index contributed by atoms with van der Waals surface area (Å²) < 4.78 is 0.326. The van der Waals surface area contributed by atoms with Gasteiger partial charge < -0.3 is 15.6 Å². The molecule has 66 valence electrons. The van der Waals surface area contributed by atoms with Crippen molar-refractivity contribution in [1.82, 2.24) is 10.4 Å². The molecule has 0 saturated heterocycles. The van der Waals surface area contributed by atoms with Gasteiger partial charge in [-0.05, 0) is 0 Å². The third-order valence-electron chi connectivity index (χ3n) is 0.994. The quantitative estimate of drug-likeness (QED) is 0.258. The van der Waals surface area contributed by atoms with E-state index in [0.717, 1.165) is 0 Å². The molecule has 0 fully saturated rings. The minimum absolute atomic E-state index is 0.0173. The summed E-state index contributed by atoms with van der Waals surface area (Å²) in [5.74, 6) is 0. The normalized spacial score (nSPS) is 10.2. The number of aliphatic hydroxyl groups is 2. The molecule has 6 heteroatoms. The lowest BCUT2D eigenvalue weighted by Crippen LogP contribution is -2.43. The third kappa shape index (κ3) is 6.52. The van der Waals surface area contributed by atoms with E-state index in [1.165, 1.54) is 0 Å². The fourth-order valence-electron chi connectivity index (χ4n) is 0.600. The zero-order valence-corrected chi connectivity index (χ0v) is 7.74. The van der Waals surface area contributed by atoms with E-state index in [4.69, 9.17) is 10.2 Å². The molecule has 0 aromatic rings. The molecule has 3 N–H and O–H groups in total. The summed E-state index contributed by atoms with van der Waals surface area (Å²) in [6.45, 7) is 0.870. The Morgan fingerprint density at radius 1 is 1.36 bits per heavy atom. The van der Waals surface area contributed by atoms with E-state index in [1.54, 1.807) is 5.01 Å². The average molecular weight is 196 g/mol. The molecule has 0 aromatic carbocycles. The molecule has 4 nitrogen and oxygen atoms in total. The molecule has 11 heavy (non-hydrogen) atoms. The Balaban J connectivity index is 3.59. The van der Waals surface area contributed by atoms with Crippen LogP contribution < -0.4 is 5.43 Å². The first-order chi connectivity index (χ1) is 5.20. The molecule has 0 aliphatic rings. The number of aliphatic hydroxyl groups excluding tert-OH is 2. The van der Waals surface area contributed by atoms with E-state index in [-0.39, 0.29) is 13.2 Å². The number of nitrogens with one attached hydrogen (secondary N) is 1. The van der Waals surface area contributed by atoms with E-state index < -0.39 is 0 Å². The molecule has 0 amide bonds. The SMILES string of the molecule is OCCN(CCO)NC(=S)S. The zero-order chi connectivity index (χ0) is 8.69. The number of rotatable bonds is 5. The van der Waals surface area contributed by atoms with Gasteiger partial charge in [0.05, 0.1) is 13.2 Å². The summed E-state index contributed by atoms with van der Waals surface area (Å²) in [5.41, 5.74) is 2.69. The zero-order valence-electron chi connectivity index (χ0n) is 6.03. The Labute approximate surface area is 76.6 Å². The van der Waals surface area contributed by atoms with Crippen LogP contribution in [0, 0.1) is 0 Å². The lowest BCUT2D eigenvalue weighted by atomic mass is 10.6. The van der Waals surface area contributed by atoms with E-state index in [1.807, 2.05) is 0 Å². The van der Waals surface area contributed by atoms with Crippen LogP contribution >= 0.6 is 24.8 Å². The topological polar surface area (TPSA) is 55.7 Å². The van der Waals surface area contributed by atoms with Crippen LogP contribution in [0.1, 0.15) is 0 Å². The highest BCUT2D eigenvalue weighted by Gasteiger charge is 2.01. The molecule has 0 bridgehead atoms. The van der Waals surface area contributed by atoms with E-state index in [9.17, 15) is 0 Å². The smallest absolute Gasteiger partial charge is 0.145 e. The number of hydrazine groups is 1. The largest absolute Gasteiger partial charge is 0.395 e. The van der Waals surface area contributed by atoms with Gasteiger partial charge in [0.25, 0.3) is 0 Å². The van der Waals surface area contributed by atoms with Crippen LogP contribution in [0.4, 0.5) is 0 Å². The Hall–Kier alpha value is 0.120. The Bertz CT molecular complexity index is 117. The minimum atomic E-state index is 0.0173. The van der Waals surface area contributed by atoms with Crippen molar-refractivity contribution < 1.29 is 10.2 Å². The Morgan fingerprint density at radius 3 is 2.09 bits per heavy atom. The summed E-state index contributed by atoms with van der Waals surface area (Å²) in [7, 11) is 0. The second-order valence-corrected chi connectivity index (χ2v) is 3.01. The highest BCUT2D eigenvalue weighted by Crippen LogP contribution is 1.84. The van der Waals surface area contributed by atoms with Gasteiger partial charge in [-0.1, -0.05) is 12.2 Å². The average Bonchev–Trinajstić information content (AvgIpc) is 1.87. The number of hydrogen-bond donors (Lipinski definition) is 4. The van der Waals surface area contributed by atoms with Gasteiger partial charge in [0.1, 0.15) is 4.32 Å². The molecule has 0 spiro atoms.